The van der Waals surface area contributed by atoms with E-state index in [1.807, 2.05) is 54.8 Å². The number of hydrogen-bond acceptors (Lipinski definition) is 3. The number of aliphatic carboxylic acids is 1. The molecule has 0 aromatic heterocycles. The Kier molecular flexibility index (Phi) is 4.06. The Morgan fingerprint density at radius 2 is 1.83 bits per heavy atom. The van der Waals surface area contributed by atoms with Crippen molar-refractivity contribution < 1.29 is 14.7 Å². The summed E-state index contributed by atoms with van der Waals surface area (Å²) in [5.74, 6) is -1.21. The molecule has 1 aromatic carbocycles. The third-order valence-corrected chi connectivity index (χ3v) is 5.86. The van der Waals surface area contributed by atoms with Gasteiger partial charge in [-0.3, -0.25) is 4.79 Å². The van der Waals surface area contributed by atoms with Gasteiger partial charge in [0.2, 0.25) is 5.91 Å². The van der Waals surface area contributed by atoms with Gasteiger partial charge < -0.3 is 10.4 Å². The Labute approximate surface area is 139 Å². The van der Waals surface area contributed by atoms with Crippen LogP contribution in [0.25, 0.3) is 0 Å². The molecule has 0 aliphatic heterocycles. The van der Waals surface area contributed by atoms with Crippen LogP contribution in [0.1, 0.15) is 17.5 Å². The van der Waals surface area contributed by atoms with Crippen molar-refractivity contribution >= 4 is 23.6 Å². The highest BCUT2D eigenvalue weighted by atomic mass is 32.2. The molecule has 0 saturated heterocycles. The van der Waals surface area contributed by atoms with E-state index in [2.05, 4.69) is 5.32 Å². The first-order valence-corrected chi connectivity index (χ1v) is 8.76. The predicted molar refractivity (Wildman–Crippen MR) is 91.5 cm³/mol. The van der Waals surface area contributed by atoms with Crippen molar-refractivity contribution in [2.45, 2.75) is 29.5 Å². The molecule has 0 saturated carbocycles. The lowest BCUT2D eigenvalue weighted by atomic mass is 9.92. The lowest BCUT2D eigenvalue weighted by Crippen LogP contribution is -2.59. The molecule has 2 aliphatic carbocycles. The standard InChI is InChI=1S/C18H19NO3S/c1-23-18(9-5-2-6-10-18)15(20)19-17(16(21)22)11-13-7-3-4-8-14(13)12-17/h2-9H,10-12H2,1H3,(H,19,20)(H,21,22). The first-order chi connectivity index (χ1) is 11.0. The number of carboxylic acid groups (broad SMARTS) is 1. The Morgan fingerprint density at radius 1 is 1.17 bits per heavy atom. The molecule has 0 bridgehead atoms. The normalized spacial score (nSPS) is 24.2. The maximum atomic E-state index is 12.9. The molecule has 1 unspecified atom stereocenters. The highest BCUT2D eigenvalue weighted by Gasteiger charge is 2.48. The zero-order valence-electron chi connectivity index (χ0n) is 12.9. The van der Waals surface area contributed by atoms with Crippen LogP contribution in [-0.4, -0.2) is 33.5 Å². The third kappa shape index (κ3) is 2.70. The Balaban J connectivity index is 1.87. The molecule has 1 amide bonds. The number of benzene rings is 1. The largest absolute Gasteiger partial charge is 0.479 e. The molecule has 5 heteroatoms. The Morgan fingerprint density at radius 3 is 2.30 bits per heavy atom. The average Bonchev–Trinajstić information content (AvgIpc) is 2.94. The predicted octanol–water partition coefficient (Wildman–Crippen LogP) is 2.34. The number of rotatable bonds is 4. The summed E-state index contributed by atoms with van der Waals surface area (Å²) in [5, 5.41) is 12.6. The average molecular weight is 329 g/mol. The van der Waals surface area contributed by atoms with E-state index in [4.69, 9.17) is 0 Å². The maximum absolute atomic E-state index is 12.9. The summed E-state index contributed by atoms with van der Waals surface area (Å²) in [7, 11) is 0. The first kappa shape index (κ1) is 15.9. The zero-order valence-corrected chi connectivity index (χ0v) is 13.7. The molecule has 0 fully saturated rings. The van der Waals surface area contributed by atoms with Gasteiger partial charge in [0.1, 0.15) is 10.3 Å². The second-order valence-corrected chi connectivity index (χ2v) is 7.19. The summed E-state index contributed by atoms with van der Waals surface area (Å²) < 4.78 is -0.730. The summed E-state index contributed by atoms with van der Waals surface area (Å²) in [6, 6.07) is 7.66. The van der Waals surface area contributed by atoms with Crippen molar-refractivity contribution in [2.75, 3.05) is 6.26 Å². The van der Waals surface area contributed by atoms with Crippen molar-refractivity contribution in [1.82, 2.24) is 5.32 Å². The summed E-state index contributed by atoms with van der Waals surface area (Å²) in [4.78, 5) is 24.8. The van der Waals surface area contributed by atoms with Gasteiger partial charge in [0.25, 0.3) is 0 Å². The van der Waals surface area contributed by atoms with Gasteiger partial charge in [-0.25, -0.2) is 4.79 Å². The first-order valence-electron chi connectivity index (χ1n) is 7.54. The smallest absolute Gasteiger partial charge is 0.330 e. The topological polar surface area (TPSA) is 66.4 Å². The third-order valence-electron chi connectivity index (χ3n) is 4.65. The van der Waals surface area contributed by atoms with Crippen LogP contribution in [0.3, 0.4) is 0 Å². The monoisotopic (exact) mass is 329 g/mol. The van der Waals surface area contributed by atoms with E-state index in [-0.39, 0.29) is 5.91 Å². The van der Waals surface area contributed by atoms with Crippen molar-refractivity contribution in [3.63, 3.8) is 0 Å². The number of hydrogen-bond donors (Lipinski definition) is 2. The van der Waals surface area contributed by atoms with Gasteiger partial charge in [-0.1, -0.05) is 48.6 Å². The molecule has 23 heavy (non-hydrogen) atoms. The van der Waals surface area contributed by atoms with Gasteiger partial charge in [0, 0.05) is 12.8 Å². The van der Waals surface area contributed by atoms with Crippen LogP contribution in [0.2, 0.25) is 0 Å². The molecule has 0 radical (unpaired) electrons. The second-order valence-electron chi connectivity index (χ2n) is 6.05. The molecule has 1 aromatic rings. The minimum Gasteiger partial charge on any atom is -0.479 e. The van der Waals surface area contributed by atoms with Gasteiger partial charge in [-0.15, -0.1) is 11.8 Å². The van der Waals surface area contributed by atoms with Crippen LogP contribution in [0.5, 0.6) is 0 Å². The summed E-state index contributed by atoms with van der Waals surface area (Å²) in [6.45, 7) is 0. The number of allylic oxidation sites excluding steroid dienone is 3. The van der Waals surface area contributed by atoms with Crippen LogP contribution in [0.15, 0.2) is 48.6 Å². The van der Waals surface area contributed by atoms with E-state index in [1.54, 1.807) is 0 Å². The van der Waals surface area contributed by atoms with E-state index < -0.39 is 16.3 Å². The molecular formula is C18H19NO3S. The van der Waals surface area contributed by atoms with E-state index in [1.165, 1.54) is 11.8 Å². The quantitative estimate of drug-likeness (QED) is 0.890. The van der Waals surface area contributed by atoms with Crippen LogP contribution in [-0.2, 0) is 22.4 Å². The fourth-order valence-corrected chi connectivity index (χ4v) is 3.96. The molecule has 0 heterocycles. The fraction of sp³-hybridized carbons (Fsp3) is 0.333. The number of thioether (sulfide) groups is 1. The van der Waals surface area contributed by atoms with Crippen LogP contribution in [0.4, 0.5) is 0 Å². The van der Waals surface area contributed by atoms with Crippen molar-refractivity contribution in [3.05, 3.63) is 59.7 Å². The van der Waals surface area contributed by atoms with E-state index >= 15 is 0 Å². The van der Waals surface area contributed by atoms with Gasteiger partial charge in [0.15, 0.2) is 0 Å². The maximum Gasteiger partial charge on any atom is 0.330 e. The Bertz CT molecular complexity index is 685. The van der Waals surface area contributed by atoms with Gasteiger partial charge in [-0.2, -0.15) is 0 Å². The summed E-state index contributed by atoms with van der Waals surface area (Å²) >= 11 is 1.44. The van der Waals surface area contributed by atoms with Crippen molar-refractivity contribution in [3.8, 4) is 0 Å². The molecule has 0 spiro atoms. The SMILES string of the molecule is CSC1(C(=O)NC2(C(=O)O)Cc3ccccc3C2)C=CC=CC1. The molecule has 3 rings (SSSR count). The highest BCUT2D eigenvalue weighted by Crippen LogP contribution is 2.35. The molecule has 2 N–H and O–H groups in total. The van der Waals surface area contributed by atoms with Gasteiger partial charge >= 0.3 is 5.97 Å². The van der Waals surface area contributed by atoms with Gasteiger partial charge in [-0.05, 0) is 23.8 Å². The van der Waals surface area contributed by atoms with Crippen LogP contribution >= 0.6 is 11.8 Å². The summed E-state index contributed by atoms with van der Waals surface area (Å²) in [6.07, 6.45) is 10.6. The van der Waals surface area contributed by atoms with Crippen molar-refractivity contribution in [1.29, 1.82) is 0 Å². The van der Waals surface area contributed by atoms with Crippen LogP contribution < -0.4 is 5.32 Å². The number of carbonyl (C=O) groups excluding carboxylic acids is 1. The Hall–Kier alpha value is -2.01. The van der Waals surface area contributed by atoms with Gasteiger partial charge in [0.05, 0.1) is 0 Å². The molecule has 120 valence electrons. The van der Waals surface area contributed by atoms with E-state index in [0.29, 0.717) is 19.3 Å². The van der Waals surface area contributed by atoms with E-state index in [9.17, 15) is 14.7 Å². The summed E-state index contributed by atoms with van der Waals surface area (Å²) in [5.41, 5.74) is 0.735. The second kappa shape index (κ2) is 5.89. The minimum atomic E-state index is -1.25. The lowest BCUT2D eigenvalue weighted by Gasteiger charge is -2.33. The molecular weight excluding hydrogens is 310 g/mol. The number of amides is 1. The number of carbonyl (C=O) groups is 2. The number of nitrogens with one attached hydrogen (secondary N) is 1. The minimum absolute atomic E-state index is 0.235. The highest BCUT2D eigenvalue weighted by molar-refractivity contribution is 8.00. The number of carboxylic acids is 1. The van der Waals surface area contributed by atoms with Crippen LogP contribution in [0, 0.1) is 0 Å². The lowest BCUT2D eigenvalue weighted by molar-refractivity contribution is -0.147. The van der Waals surface area contributed by atoms with Crippen molar-refractivity contribution in [2.24, 2.45) is 0 Å². The van der Waals surface area contributed by atoms with E-state index in [0.717, 1.165) is 11.1 Å². The molecule has 1 atom stereocenters. The zero-order chi connectivity index (χ0) is 16.5. The number of fused-ring (bicyclic) bond motifs is 1. The fourth-order valence-electron chi connectivity index (χ4n) is 3.24. The molecule has 4 nitrogen and oxygen atoms in total. The molecule has 2 aliphatic rings.